The van der Waals surface area contributed by atoms with E-state index in [1.54, 1.807) is 29.9 Å². The molecule has 1 amide bonds. The van der Waals surface area contributed by atoms with Crippen LogP contribution in [-0.4, -0.2) is 36.0 Å². The van der Waals surface area contributed by atoms with Gasteiger partial charge in [0.25, 0.3) is 0 Å². The van der Waals surface area contributed by atoms with Crippen molar-refractivity contribution in [1.29, 1.82) is 0 Å². The van der Waals surface area contributed by atoms with Crippen molar-refractivity contribution < 1.29 is 4.79 Å². The third-order valence-corrected chi connectivity index (χ3v) is 6.96. The number of carbonyl (C=O) groups is 1. The number of imidazole rings is 1. The normalized spacial score (nSPS) is 11.4. The van der Waals surface area contributed by atoms with E-state index in [1.807, 2.05) is 30.3 Å². The SMILES string of the molecule is CCCCC(=O)Nc1cncc(-c2cnc3[nH]nc(-c4nc5c(-c6cccs6)cccc5[nH]4)c3c2)c1. The Kier molecular flexibility index (Phi) is 5.74. The molecule has 0 saturated carbocycles. The van der Waals surface area contributed by atoms with Crippen molar-refractivity contribution in [3.8, 4) is 33.1 Å². The highest BCUT2D eigenvalue weighted by atomic mass is 32.1. The van der Waals surface area contributed by atoms with E-state index in [9.17, 15) is 4.79 Å². The van der Waals surface area contributed by atoms with Gasteiger partial charge >= 0.3 is 0 Å². The minimum absolute atomic E-state index is 0.00620. The van der Waals surface area contributed by atoms with Gasteiger partial charge in [-0.3, -0.25) is 14.9 Å². The van der Waals surface area contributed by atoms with Crippen LogP contribution in [0.2, 0.25) is 0 Å². The van der Waals surface area contributed by atoms with E-state index in [0.29, 0.717) is 29.3 Å². The first-order chi connectivity index (χ1) is 17.7. The minimum Gasteiger partial charge on any atom is -0.337 e. The fourth-order valence-electron chi connectivity index (χ4n) is 4.24. The standard InChI is InChI=1S/C27H23N7OS/c1-2-3-9-23(35)30-18-11-16(13-28-15-18)17-12-20-25(33-34-26(20)29-14-17)27-31-21-7-4-6-19(24(21)32-27)22-8-5-10-36-22/h4-8,10-15H,2-3,9H2,1H3,(H,30,35)(H,31,32)(H,29,33,34). The summed E-state index contributed by atoms with van der Waals surface area (Å²) in [5.74, 6) is 0.669. The molecule has 0 aliphatic heterocycles. The van der Waals surface area contributed by atoms with Crippen LogP contribution in [0.1, 0.15) is 26.2 Å². The van der Waals surface area contributed by atoms with Gasteiger partial charge in [0.2, 0.25) is 5.91 Å². The number of aromatic nitrogens is 6. The van der Waals surface area contributed by atoms with Gasteiger partial charge in [-0.05, 0) is 36.1 Å². The molecule has 5 aromatic heterocycles. The topological polar surface area (TPSA) is 112 Å². The number of rotatable bonds is 7. The number of pyridine rings is 2. The van der Waals surface area contributed by atoms with Crippen LogP contribution in [0, 0.1) is 0 Å². The molecule has 178 valence electrons. The third kappa shape index (κ3) is 4.14. The molecule has 1 aromatic carbocycles. The van der Waals surface area contributed by atoms with Gasteiger partial charge in [0.1, 0.15) is 5.69 Å². The lowest BCUT2D eigenvalue weighted by atomic mass is 10.1. The van der Waals surface area contributed by atoms with Crippen molar-refractivity contribution in [3.63, 3.8) is 0 Å². The molecule has 0 aliphatic carbocycles. The molecule has 0 bridgehead atoms. The summed E-state index contributed by atoms with van der Waals surface area (Å²) < 4.78 is 0. The molecular weight excluding hydrogens is 470 g/mol. The lowest BCUT2D eigenvalue weighted by Gasteiger charge is -2.07. The Morgan fingerprint density at radius 1 is 1.08 bits per heavy atom. The predicted molar refractivity (Wildman–Crippen MR) is 144 cm³/mol. The van der Waals surface area contributed by atoms with E-state index in [4.69, 9.17) is 4.98 Å². The Labute approximate surface area is 210 Å². The van der Waals surface area contributed by atoms with Crippen LogP contribution >= 0.6 is 11.3 Å². The zero-order valence-corrected chi connectivity index (χ0v) is 20.4. The molecule has 0 fully saturated rings. The molecule has 36 heavy (non-hydrogen) atoms. The first-order valence-corrected chi connectivity index (χ1v) is 12.7. The summed E-state index contributed by atoms with van der Waals surface area (Å²) in [7, 11) is 0. The first-order valence-electron chi connectivity index (χ1n) is 11.8. The predicted octanol–water partition coefficient (Wildman–Crippen LogP) is 6.42. The number of carbonyl (C=O) groups excluding carboxylic acids is 1. The van der Waals surface area contributed by atoms with Crippen LogP contribution in [0.3, 0.4) is 0 Å². The van der Waals surface area contributed by atoms with Crippen LogP contribution in [-0.2, 0) is 4.79 Å². The average Bonchev–Trinajstić information content (AvgIpc) is 3.66. The summed E-state index contributed by atoms with van der Waals surface area (Å²) in [5, 5.41) is 13.4. The number of anilines is 1. The molecule has 3 N–H and O–H groups in total. The number of nitrogens with zero attached hydrogens (tertiary/aromatic N) is 4. The fourth-order valence-corrected chi connectivity index (χ4v) is 5.00. The highest BCUT2D eigenvalue weighted by Gasteiger charge is 2.17. The van der Waals surface area contributed by atoms with Gasteiger partial charge in [0.15, 0.2) is 11.5 Å². The maximum absolute atomic E-state index is 12.2. The quantitative estimate of drug-likeness (QED) is 0.237. The van der Waals surface area contributed by atoms with Gasteiger partial charge in [0.05, 0.1) is 28.3 Å². The Morgan fingerprint density at radius 2 is 2.00 bits per heavy atom. The number of aromatic amines is 2. The Hall–Kier alpha value is -4.37. The monoisotopic (exact) mass is 493 g/mol. The second-order valence-corrected chi connectivity index (χ2v) is 9.52. The van der Waals surface area contributed by atoms with E-state index in [2.05, 4.69) is 54.9 Å². The number of H-pyrrole nitrogens is 2. The van der Waals surface area contributed by atoms with Crippen LogP contribution in [0.15, 0.2) is 66.4 Å². The van der Waals surface area contributed by atoms with Gasteiger partial charge in [-0.15, -0.1) is 11.3 Å². The molecule has 5 heterocycles. The summed E-state index contributed by atoms with van der Waals surface area (Å²) in [6.07, 6.45) is 7.53. The third-order valence-electron chi connectivity index (χ3n) is 6.05. The highest BCUT2D eigenvalue weighted by molar-refractivity contribution is 7.13. The number of hydrogen-bond acceptors (Lipinski definition) is 6. The number of unbranched alkanes of at least 4 members (excludes halogenated alkanes) is 1. The van der Waals surface area contributed by atoms with E-state index >= 15 is 0 Å². The molecular formula is C27H23N7OS. The van der Waals surface area contributed by atoms with Crippen molar-refractivity contribution >= 4 is 45.0 Å². The fraction of sp³-hybridized carbons (Fsp3) is 0.148. The number of nitrogens with one attached hydrogen (secondary N) is 3. The molecule has 0 saturated heterocycles. The maximum Gasteiger partial charge on any atom is 0.224 e. The number of amides is 1. The molecule has 9 heteroatoms. The van der Waals surface area contributed by atoms with Crippen molar-refractivity contribution in [1.82, 2.24) is 30.1 Å². The van der Waals surface area contributed by atoms with E-state index in [-0.39, 0.29) is 5.91 Å². The van der Waals surface area contributed by atoms with Crippen LogP contribution in [0.4, 0.5) is 5.69 Å². The Morgan fingerprint density at radius 3 is 2.86 bits per heavy atom. The molecule has 0 atom stereocenters. The van der Waals surface area contributed by atoms with Gasteiger partial charge < -0.3 is 10.3 Å². The zero-order valence-electron chi connectivity index (χ0n) is 19.6. The number of hydrogen-bond donors (Lipinski definition) is 3. The number of benzene rings is 1. The van der Waals surface area contributed by atoms with Gasteiger partial charge in [-0.25, -0.2) is 9.97 Å². The smallest absolute Gasteiger partial charge is 0.224 e. The highest BCUT2D eigenvalue weighted by Crippen LogP contribution is 2.34. The molecule has 8 nitrogen and oxygen atoms in total. The van der Waals surface area contributed by atoms with E-state index in [1.165, 1.54) is 4.88 Å². The molecule has 0 spiro atoms. The van der Waals surface area contributed by atoms with Crippen LogP contribution < -0.4 is 5.32 Å². The second kappa shape index (κ2) is 9.35. The Balaban J connectivity index is 1.37. The minimum atomic E-state index is -0.00620. The van der Waals surface area contributed by atoms with Crippen LogP contribution in [0.5, 0.6) is 0 Å². The van der Waals surface area contributed by atoms with Gasteiger partial charge in [0, 0.05) is 40.4 Å². The molecule has 0 radical (unpaired) electrons. The molecule has 6 rings (SSSR count). The largest absolute Gasteiger partial charge is 0.337 e. The van der Waals surface area contributed by atoms with Gasteiger partial charge in [-0.2, -0.15) is 5.10 Å². The lowest BCUT2D eigenvalue weighted by Crippen LogP contribution is -2.11. The summed E-state index contributed by atoms with van der Waals surface area (Å²) in [6, 6.07) is 14.2. The Bertz CT molecular complexity index is 1680. The van der Waals surface area contributed by atoms with Gasteiger partial charge in [-0.1, -0.05) is 31.5 Å². The lowest BCUT2D eigenvalue weighted by molar-refractivity contribution is -0.116. The molecule has 0 unspecified atom stereocenters. The molecule has 0 aliphatic rings. The number of fused-ring (bicyclic) bond motifs is 2. The molecule has 6 aromatic rings. The summed E-state index contributed by atoms with van der Waals surface area (Å²) in [4.78, 5) is 30.6. The summed E-state index contributed by atoms with van der Waals surface area (Å²) in [5.41, 5.74) is 6.71. The van der Waals surface area contributed by atoms with Crippen molar-refractivity contribution in [3.05, 3.63) is 66.4 Å². The summed E-state index contributed by atoms with van der Waals surface area (Å²) >= 11 is 1.69. The van der Waals surface area contributed by atoms with E-state index < -0.39 is 0 Å². The van der Waals surface area contributed by atoms with E-state index in [0.717, 1.165) is 46.0 Å². The van der Waals surface area contributed by atoms with Crippen molar-refractivity contribution in [2.45, 2.75) is 26.2 Å². The summed E-state index contributed by atoms with van der Waals surface area (Å²) in [6.45, 7) is 2.07. The number of thiophene rings is 1. The second-order valence-electron chi connectivity index (χ2n) is 8.57. The van der Waals surface area contributed by atoms with Crippen molar-refractivity contribution in [2.24, 2.45) is 0 Å². The zero-order chi connectivity index (χ0) is 24.5. The number of para-hydroxylation sites is 1. The average molecular weight is 494 g/mol. The first kappa shape index (κ1) is 22.1. The van der Waals surface area contributed by atoms with Crippen molar-refractivity contribution in [2.75, 3.05) is 5.32 Å². The maximum atomic E-state index is 12.2. The van der Waals surface area contributed by atoms with Crippen LogP contribution in [0.25, 0.3) is 55.2 Å².